The number of carbonyl (C=O) groups excluding carboxylic acids is 2. The Morgan fingerprint density at radius 2 is 2.03 bits per heavy atom. The molecule has 0 spiro atoms. The summed E-state index contributed by atoms with van der Waals surface area (Å²) in [7, 11) is 1.27. The zero-order valence-electron chi connectivity index (χ0n) is 18.1. The van der Waals surface area contributed by atoms with E-state index >= 15 is 0 Å². The molecule has 12 heteroatoms. The van der Waals surface area contributed by atoms with Crippen molar-refractivity contribution >= 4 is 23.6 Å². The van der Waals surface area contributed by atoms with Crippen LogP contribution in [0, 0.1) is 0 Å². The number of nitrogens with zero attached hydrogens (tertiary/aromatic N) is 3. The van der Waals surface area contributed by atoms with Crippen LogP contribution in [0.2, 0.25) is 0 Å². The van der Waals surface area contributed by atoms with Crippen molar-refractivity contribution in [1.82, 2.24) is 20.3 Å². The Morgan fingerprint density at radius 1 is 1.24 bits per heavy atom. The van der Waals surface area contributed by atoms with Gasteiger partial charge in [-0.15, -0.1) is 0 Å². The fourth-order valence-corrected chi connectivity index (χ4v) is 3.43. The Balaban J connectivity index is 1.46. The molecule has 0 aliphatic carbocycles. The maximum atomic E-state index is 13.0. The van der Waals surface area contributed by atoms with Crippen LogP contribution in [0.1, 0.15) is 57.3 Å². The first-order valence-electron chi connectivity index (χ1n) is 10.2. The van der Waals surface area contributed by atoms with Crippen LogP contribution in [0.15, 0.2) is 41.1 Å². The summed E-state index contributed by atoms with van der Waals surface area (Å²) in [5, 5.41) is 13.1. The summed E-state index contributed by atoms with van der Waals surface area (Å²) in [6.07, 6.45) is 1.51. The van der Waals surface area contributed by atoms with Gasteiger partial charge in [0, 0.05) is 12.6 Å². The lowest BCUT2D eigenvalue weighted by Crippen LogP contribution is -2.27. The molecule has 2 aromatic heterocycles. The van der Waals surface area contributed by atoms with Crippen molar-refractivity contribution in [2.24, 2.45) is 0 Å². The van der Waals surface area contributed by atoms with Crippen molar-refractivity contribution in [3.8, 4) is 5.75 Å². The van der Waals surface area contributed by atoms with E-state index in [4.69, 9.17) is 9.26 Å². The zero-order chi connectivity index (χ0) is 24.5. The third-order valence-corrected chi connectivity index (χ3v) is 5.23. The second kappa shape index (κ2) is 9.04. The first-order valence-corrected chi connectivity index (χ1v) is 10.2. The van der Waals surface area contributed by atoms with Crippen LogP contribution in [-0.2, 0) is 12.7 Å². The van der Waals surface area contributed by atoms with Crippen LogP contribution in [0.5, 0.6) is 5.75 Å². The smallest absolute Gasteiger partial charge is 0.416 e. The third-order valence-electron chi connectivity index (χ3n) is 5.23. The molecule has 1 aliphatic heterocycles. The lowest BCUT2D eigenvalue weighted by atomic mass is 10.1. The molecule has 2 N–H and O–H groups in total. The number of aromatic nitrogens is 3. The maximum Gasteiger partial charge on any atom is 0.416 e. The topological polar surface area (TPSA) is 111 Å². The number of allylic oxidation sites excluding steroid dienone is 1. The first kappa shape index (κ1) is 23.1. The Morgan fingerprint density at radius 3 is 2.76 bits per heavy atom. The van der Waals surface area contributed by atoms with Crippen molar-refractivity contribution in [3.05, 3.63) is 64.8 Å². The number of aryl methyl sites for hydroxylation is 1. The van der Waals surface area contributed by atoms with E-state index in [2.05, 4.69) is 20.9 Å². The van der Waals surface area contributed by atoms with Gasteiger partial charge in [-0.3, -0.25) is 14.3 Å². The van der Waals surface area contributed by atoms with Gasteiger partial charge in [0.15, 0.2) is 0 Å². The fraction of sp³-hybridized carbons (Fsp3) is 0.273. The number of hydrogen-bond donors (Lipinski definition) is 2. The van der Waals surface area contributed by atoms with E-state index in [-0.39, 0.29) is 28.8 Å². The molecule has 0 bridgehead atoms. The van der Waals surface area contributed by atoms with Crippen molar-refractivity contribution in [2.75, 3.05) is 12.4 Å². The number of anilines is 1. The van der Waals surface area contributed by atoms with Crippen molar-refractivity contribution in [2.45, 2.75) is 32.1 Å². The van der Waals surface area contributed by atoms with Gasteiger partial charge in [-0.05, 0) is 37.6 Å². The molecule has 0 unspecified atom stereocenters. The van der Waals surface area contributed by atoms with Gasteiger partial charge in [-0.2, -0.15) is 18.3 Å². The Labute approximate surface area is 191 Å². The van der Waals surface area contributed by atoms with Crippen LogP contribution in [0.25, 0.3) is 6.08 Å². The number of benzene rings is 1. The lowest BCUT2D eigenvalue weighted by molar-refractivity contribution is -0.137. The second-order valence-electron chi connectivity index (χ2n) is 7.54. The summed E-state index contributed by atoms with van der Waals surface area (Å²) >= 11 is 0. The van der Waals surface area contributed by atoms with Crippen LogP contribution in [-0.4, -0.2) is 33.9 Å². The van der Waals surface area contributed by atoms with Gasteiger partial charge in [-0.1, -0.05) is 11.2 Å². The molecule has 2 amide bonds. The number of carbonyl (C=O) groups is 2. The van der Waals surface area contributed by atoms with Crippen molar-refractivity contribution in [1.29, 1.82) is 0 Å². The van der Waals surface area contributed by atoms with Gasteiger partial charge in [0.2, 0.25) is 5.76 Å². The highest BCUT2D eigenvalue weighted by Crippen LogP contribution is 2.35. The highest BCUT2D eigenvalue weighted by molar-refractivity contribution is 6.03. The summed E-state index contributed by atoms with van der Waals surface area (Å²) in [6.45, 7) is 2.34. The predicted octanol–water partition coefficient (Wildman–Crippen LogP) is 4.06. The molecule has 3 aromatic rings. The zero-order valence-corrected chi connectivity index (χ0v) is 18.1. The summed E-state index contributed by atoms with van der Waals surface area (Å²) < 4.78 is 50.9. The molecule has 1 atom stereocenters. The maximum absolute atomic E-state index is 13.0. The molecule has 3 heterocycles. The van der Waals surface area contributed by atoms with Crippen molar-refractivity contribution < 1.29 is 32.0 Å². The molecule has 0 fully saturated rings. The molecule has 178 valence electrons. The monoisotopic (exact) mass is 475 g/mol. The molecule has 4 rings (SSSR count). The van der Waals surface area contributed by atoms with E-state index in [1.165, 1.54) is 19.4 Å². The molecule has 0 saturated carbocycles. The highest BCUT2D eigenvalue weighted by atomic mass is 19.4. The number of alkyl halides is 3. The van der Waals surface area contributed by atoms with E-state index in [9.17, 15) is 22.8 Å². The minimum Gasteiger partial charge on any atom is -0.495 e. The number of amides is 2. The van der Waals surface area contributed by atoms with E-state index in [0.717, 1.165) is 24.6 Å². The van der Waals surface area contributed by atoms with Crippen LogP contribution in [0.4, 0.5) is 18.9 Å². The number of hydrogen-bond acceptors (Lipinski definition) is 6. The van der Waals surface area contributed by atoms with Crippen LogP contribution >= 0.6 is 0 Å². The number of halogens is 3. The van der Waals surface area contributed by atoms with Crippen LogP contribution < -0.4 is 15.4 Å². The number of nitrogens with one attached hydrogen (secondary N) is 2. The average molecular weight is 475 g/mol. The molecule has 1 aliphatic rings. The minimum absolute atomic E-state index is 0.0419. The van der Waals surface area contributed by atoms with Crippen molar-refractivity contribution in [3.63, 3.8) is 0 Å². The number of methoxy groups -OCH3 is 1. The second-order valence-corrected chi connectivity index (χ2v) is 7.54. The summed E-state index contributed by atoms with van der Waals surface area (Å²) in [5.41, 5.74) is 0.231. The summed E-state index contributed by atoms with van der Waals surface area (Å²) in [6, 6.07) is 3.39. The van der Waals surface area contributed by atoms with E-state index in [0.29, 0.717) is 17.8 Å². The molecular weight excluding hydrogens is 455 g/mol. The summed E-state index contributed by atoms with van der Waals surface area (Å²) in [5.74, 6) is -1.41. The molecule has 0 radical (unpaired) electrons. The quantitative estimate of drug-likeness (QED) is 0.556. The molecule has 9 nitrogen and oxygen atoms in total. The lowest BCUT2D eigenvalue weighted by Gasteiger charge is -2.13. The SMILES string of the molecule is COc1ccc(C(F)(F)F)cc1NC(=O)c1cc([C@@H](C)NC(=O)c2cnn3c2C=CCC3)no1. The summed E-state index contributed by atoms with van der Waals surface area (Å²) in [4.78, 5) is 25.2. The number of fused-ring (bicyclic) bond motifs is 1. The van der Waals surface area contributed by atoms with E-state index in [1.807, 2.05) is 12.2 Å². The number of rotatable bonds is 6. The van der Waals surface area contributed by atoms with Crippen LogP contribution in [0.3, 0.4) is 0 Å². The Kier molecular flexibility index (Phi) is 6.14. The van der Waals surface area contributed by atoms with E-state index < -0.39 is 23.7 Å². The first-order chi connectivity index (χ1) is 16.2. The molecular formula is C22H20F3N5O4. The Bertz CT molecular complexity index is 1260. The third kappa shape index (κ3) is 4.65. The van der Waals surface area contributed by atoms with Gasteiger partial charge in [0.05, 0.1) is 41.9 Å². The van der Waals surface area contributed by atoms with Gasteiger partial charge < -0.3 is 19.9 Å². The number of ether oxygens (including phenoxy) is 1. The predicted molar refractivity (Wildman–Crippen MR) is 114 cm³/mol. The largest absolute Gasteiger partial charge is 0.495 e. The van der Waals surface area contributed by atoms with Gasteiger partial charge in [0.25, 0.3) is 11.8 Å². The molecule has 0 saturated heterocycles. The van der Waals surface area contributed by atoms with Gasteiger partial charge in [0.1, 0.15) is 11.4 Å². The molecule has 1 aromatic carbocycles. The van der Waals surface area contributed by atoms with E-state index in [1.54, 1.807) is 11.6 Å². The van der Waals surface area contributed by atoms with Gasteiger partial charge >= 0.3 is 6.18 Å². The molecule has 34 heavy (non-hydrogen) atoms. The normalized spacial score (nSPS) is 13.8. The standard InChI is InChI=1S/C22H20F3N5O4/c1-12(27-20(31)14-11-26-30-8-4-3-5-17(14)30)15-10-19(34-29-15)21(32)28-16-9-13(22(23,24)25)6-7-18(16)33-2/h3,5-7,9-12H,4,8H2,1-2H3,(H,27,31)(H,28,32)/t12-/m1/s1. The van der Waals surface area contributed by atoms with Gasteiger partial charge in [-0.25, -0.2) is 0 Å². The minimum atomic E-state index is -4.59. The fourth-order valence-electron chi connectivity index (χ4n) is 3.43. The Hall–Kier alpha value is -4.09. The highest BCUT2D eigenvalue weighted by Gasteiger charge is 2.31. The average Bonchev–Trinajstić information content (AvgIpc) is 3.46.